The number of carbonyl (C=O) groups is 2. The predicted molar refractivity (Wildman–Crippen MR) is 201 cm³/mol. The summed E-state index contributed by atoms with van der Waals surface area (Å²) in [6, 6.07) is 15.8. The van der Waals surface area contributed by atoms with Gasteiger partial charge in [-0.2, -0.15) is 0 Å². The van der Waals surface area contributed by atoms with Crippen LogP contribution in [-0.2, 0) is 19.1 Å². The Morgan fingerprint density at radius 3 is 2.47 bits per heavy atom. The fourth-order valence-corrected chi connectivity index (χ4v) is 10.9. The molecule has 5 nitrogen and oxygen atoms in total. The van der Waals surface area contributed by atoms with Crippen LogP contribution in [0, 0.1) is 40.9 Å². The second-order valence-corrected chi connectivity index (χ2v) is 16.7. The number of carbonyl (C=O) groups excluding carboxylic acids is 2. The molecule has 1 spiro atoms. The lowest BCUT2D eigenvalue weighted by Gasteiger charge is -2.56. The smallest absolute Gasteiger partial charge is 0.340 e. The van der Waals surface area contributed by atoms with Gasteiger partial charge in [0.15, 0.2) is 0 Å². The number of aromatic hydroxyl groups is 1. The van der Waals surface area contributed by atoms with Gasteiger partial charge in [0.1, 0.15) is 17.3 Å². The number of rotatable bonds is 10. The van der Waals surface area contributed by atoms with E-state index in [2.05, 4.69) is 45.1 Å². The fraction of sp³-hybridized carbons (Fsp3) is 0.522. The Kier molecular flexibility index (Phi) is 9.35. The second kappa shape index (κ2) is 13.9. The number of esters is 2. The quantitative estimate of drug-likeness (QED) is 0.252. The number of fused-ring (bicyclic) bond motifs is 1. The molecule has 0 unspecified atom stereocenters. The Bertz CT molecular complexity index is 1820. The largest absolute Gasteiger partial charge is 0.508 e. The minimum Gasteiger partial charge on any atom is -0.508 e. The molecular weight excluding hydrogens is 633 g/mol. The third kappa shape index (κ3) is 5.93. The highest BCUT2D eigenvalue weighted by molar-refractivity contribution is 6.07. The number of phenols is 1. The molecule has 3 fully saturated rings. The number of hydrogen-bond acceptors (Lipinski definition) is 5. The number of hydrogen-bond donors (Lipinski definition) is 1. The summed E-state index contributed by atoms with van der Waals surface area (Å²) in [4.78, 5) is 28.7. The van der Waals surface area contributed by atoms with E-state index in [1.54, 1.807) is 6.07 Å². The Morgan fingerprint density at radius 1 is 0.902 bits per heavy atom. The molecule has 1 saturated heterocycles. The summed E-state index contributed by atoms with van der Waals surface area (Å²) in [5.74, 6) is 2.87. The van der Waals surface area contributed by atoms with E-state index >= 15 is 0 Å². The molecule has 0 amide bonds. The highest BCUT2D eigenvalue weighted by Gasteiger charge is 2.68. The first-order valence-corrected chi connectivity index (χ1v) is 20.0. The van der Waals surface area contributed by atoms with Gasteiger partial charge in [0, 0.05) is 17.1 Å². The molecule has 9 rings (SSSR count). The van der Waals surface area contributed by atoms with Crippen LogP contribution in [0.15, 0.2) is 88.9 Å². The zero-order valence-corrected chi connectivity index (χ0v) is 30.7. The maximum Gasteiger partial charge on any atom is 0.340 e. The van der Waals surface area contributed by atoms with Crippen molar-refractivity contribution >= 4 is 17.5 Å². The highest BCUT2D eigenvalue weighted by atomic mass is 16.5. The van der Waals surface area contributed by atoms with Gasteiger partial charge >= 0.3 is 11.9 Å². The van der Waals surface area contributed by atoms with Crippen molar-refractivity contribution in [2.75, 3.05) is 0 Å². The maximum atomic E-state index is 14.5. The van der Waals surface area contributed by atoms with Crippen LogP contribution in [0.2, 0.25) is 0 Å². The van der Waals surface area contributed by atoms with E-state index in [0.29, 0.717) is 11.5 Å². The molecular formula is C46H54O5. The lowest BCUT2D eigenvalue weighted by atomic mass is 9.44. The van der Waals surface area contributed by atoms with Crippen molar-refractivity contribution in [3.8, 4) is 16.9 Å². The summed E-state index contributed by atoms with van der Waals surface area (Å²) in [6.45, 7) is 6.74. The van der Waals surface area contributed by atoms with E-state index in [9.17, 15) is 14.7 Å². The van der Waals surface area contributed by atoms with Crippen LogP contribution in [0.25, 0.3) is 16.7 Å². The van der Waals surface area contributed by atoms with Crippen molar-refractivity contribution in [2.45, 2.75) is 111 Å². The molecule has 268 valence electrons. The number of cyclic esters (lactones) is 2. The van der Waals surface area contributed by atoms with Gasteiger partial charge in [-0.3, -0.25) is 0 Å². The molecule has 51 heavy (non-hydrogen) atoms. The highest BCUT2D eigenvalue weighted by Crippen LogP contribution is 2.72. The summed E-state index contributed by atoms with van der Waals surface area (Å²) in [6.07, 6.45) is 19.7. The molecule has 2 bridgehead atoms. The molecule has 1 N–H and O–H groups in total. The van der Waals surface area contributed by atoms with Crippen molar-refractivity contribution in [3.63, 3.8) is 0 Å². The van der Waals surface area contributed by atoms with Crippen molar-refractivity contribution < 1.29 is 24.2 Å². The van der Waals surface area contributed by atoms with Gasteiger partial charge in [-0.1, -0.05) is 95.7 Å². The number of phenolic OH excluding ortho intramolecular Hbond substituents is 1. The molecule has 5 atom stereocenters. The van der Waals surface area contributed by atoms with E-state index in [1.807, 2.05) is 30.3 Å². The van der Waals surface area contributed by atoms with Crippen LogP contribution in [-0.4, -0.2) is 17.0 Å². The number of allylic oxidation sites excluding steroid dienone is 5. The van der Waals surface area contributed by atoms with E-state index in [0.717, 1.165) is 109 Å². The monoisotopic (exact) mass is 686 g/mol. The SMILES string of the molecule is CC[C@H](/C=C1\OC(=O)C2=C(c3cc(O)ccc3-c3ccccc3)[C@@H]3CC[C@@]21[C@H]1C2=C(CC[C@@H]31)C(=CCCC1CCCCC1)OC2=O)CCC(C)C. The molecule has 2 aliphatic heterocycles. The van der Waals surface area contributed by atoms with E-state index < -0.39 is 5.41 Å². The lowest BCUT2D eigenvalue weighted by Crippen LogP contribution is -2.52. The lowest BCUT2D eigenvalue weighted by molar-refractivity contribution is -0.135. The van der Waals surface area contributed by atoms with E-state index in [4.69, 9.17) is 9.47 Å². The summed E-state index contributed by atoms with van der Waals surface area (Å²) in [5, 5.41) is 10.9. The van der Waals surface area contributed by atoms with Gasteiger partial charge < -0.3 is 14.6 Å². The summed E-state index contributed by atoms with van der Waals surface area (Å²) in [5.41, 5.74) is 5.81. The summed E-state index contributed by atoms with van der Waals surface area (Å²) in [7, 11) is 0. The molecule has 2 saturated carbocycles. The van der Waals surface area contributed by atoms with Gasteiger partial charge in [0.2, 0.25) is 0 Å². The predicted octanol–water partition coefficient (Wildman–Crippen LogP) is 11.2. The van der Waals surface area contributed by atoms with Crippen molar-refractivity contribution in [2.24, 2.45) is 40.9 Å². The van der Waals surface area contributed by atoms with Crippen LogP contribution >= 0.6 is 0 Å². The summed E-state index contributed by atoms with van der Waals surface area (Å²) < 4.78 is 12.7. The Balaban J connectivity index is 1.28. The first-order chi connectivity index (χ1) is 24.8. The third-order valence-electron chi connectivity index (χ3n) is 13.4. The first kappa shape index (κ1) is 34.2. The van der Waals surface area contributed by atoms with Crippen LogP contribution in [0.4, 0.5) is 0 Å². The third-order valence-corrected chi connectivity index (χ3v) is 13.4. The minimum atomic E-state index is -0.742. The number of ether oxygens (including phenoxy) is 2. The minimum absolute atomic E-state index is 0.0622. The van der Waals surface area contributed by atoms with Crippen molar-refractivity contribution in [1.29, 1.82) is 0 Å². The van der Waals surface area contributed by atoms with E-state index in [-0.39, 0.29) is 41.4 Å². The van der Waals surface area contributed by atoms with Crippen molar-refractivity contribution in [3.05, 3.63) is 94.5 Å². The van der Waals surface area contributed by atoms with E-state index in [1.165, 1.54) is 32.1 Å². The summed E-state index contributed by atoms with van der Waals surface area (Å²) >= 11 is 0. The molecule has 5 heteroatoms. The topological polar surface area (TPSA) is 72.8 Å². The van der Waals surface area contributed by atoms with Crippen LogP contribution in [0.5, 0.6) is 5.75 Å². The first-order valence-electron chi connectivity index (χ1n) is 20.0. The molecule has 0 aromatic heterocycles. The average Bonchev–Trinajstić information content (AvgIpc) is 3.63. The molecule has 0 radical (unpaired) electrons. The van der Waals surface area contributed by atoms with Gasteiger partial charge in [-0.05, 0) is 128 Å². The van der Waals surface area contributed by atoms with Gasteiger partial charge in [-0.15, -0.1) is 0 Å². The fourth-order valence-electron chi connectivity index (χ4n) is 10.9. The van der Waals surface area contributed by atoms with Crippen LogP contribution < -0.4 is 0 Å². The van der Waals surface area contributed by atoms with Gasteiger partial charge in [-0.25, -0.2) is 9.59 Å². The van der Waals surface area contributed by atoms with Crippen LogP contribution in [0.3, 0.4) is 0 Å². The van der Waals surface area contributed by atoms with Crippen molar-refractivity contribution in [1.82, 2.24) is 0 Å². The molecule has 7 aliphatic rings. The van der Waals surface area contributed by atoms with Gasteiger partial charge in [0.05, 0.1) is 11.0 Å². The molecule has 2 aromatic rings. The number of benzene rings is 2. The van der Waals surface area contributed by atoms with Gasteiger partial charge in [0.25, 0.3) is 0 Å². The molecule has 2 aromatic carbocycles. The van der Waals surface area contributed by atoms with Crippen LogP contribution in [0.1, 0.15) is 116 Å². The Morgan fingerprint density at radius 2 is 1.71 bits per heavy atom. The zero-order chi connectivity index (χ0) is 35.3. The average molecular weight is 687 g/mol. The Hall–Kier alpha value is -3.86. The standard InChI is InChI=1S/C46H54O5/c1-4-29(19-18-28(2)3)26-39-46-25-24-34(40(43(46)45(49)51-39)37-27-32(47)20-21-33(37)31-15-9-6-10-16-31)35-22-23-36-38(50-44(48)41(36)42(35)46)17-11-14-30-12-7-5-8-13-30/h6,9-10,15-17,20-21,26-30,34-35,42,47H,4-5,7-8,11-14,18-19,22-25H2,1-3H3/b38-17?,39-26-/t29-,34+,35-,42+,46+/m0/s1. The normalized spacial score (nSPS) is 29.5. The molecule has 5 aliphatic carbocycles. The Labute approximate surface area is 303 Å². The zero-order valence-electron chi connectivity index (χ0n) is 30.7. The maximum absolute atomic E-state index is 14.5. The second-order valence-electron chi connectivity index (χ2n) is 16.7. The molecule has 2 heterocycles.